The van der Waals surface area contributed by atoms with Crippen LogP contribution < -0.4 is 15.0 Å². The molecule has 1 aliphatic heterocycles. The van der Waals surface area contributed by atoms with E-state index in [0.29, 0.717) is 29.5 Å². The van der Waals surface area contributed by atoms with Gasteiger partial charge in [-0.05, 0) is 56.2 Å². The number of benzene rings is 2. The number of carbonyl (C=O) groups excluding carboxylic acids is 2. The zero-order valence-electron chi connectivity index (χ0n) is 16.8. The van der Waals surface area contributed by atoms with Crippen LogP contribution in [-0.4, -0.2) is 49.5 Å². The van der Waals surface area contributed by atoms with Gasteiger partial charge in [-0.2, -0.15) is 0 Å². The molecule has 0 radical (unpaired) electrons. The molecule has 152 valence electrons. The predicted octanol–water partition coefficient (Wildman–Crippen LogP) is 3.40. The first-order chi connectivity index (χ1) is 14.2. The quantitative estimate of drug-likeness (QED) is 0.817. The van der Waals surface area contributed by atoms with E-state index >= 15 is 0 Å². The van der Waals surface area contributed by atoms with Crippen LogP contribution in [0.2, 0.25) is 0 Å². The number of hydrogen-bond donors (Lipinski definition) is 1. The first-order valence-electron chi connectivity index (χ1n) is 10.3. The van der Waals surface area contributed by atoms with Crippen LogP contribution >= 0.6 is 0 Å². The van der Waals surface area contributed by atoms with E-state index in [0.717, 1.165) is 44.7 Å². The van der Waals surface area contributed by atoms with Crippen molar-refractivity contribution in [3.63, 3.8) is 0 Å². The first-order valence-corrected chi connectivity index (χ1v) is 10.3. The summed E-state index contributed by atoms with van der Waals surface area (Å²) in [6.07, 6.45) is 2.11. The highest BCUT2D eigenvalue weighted by Gasteiger charge is 2.34. The minimum absolute atomic E-state index is 0.163. The molecule has 29 heavy (non-hydrogen) atoms. The molecule has 0 unspecified atom stereocenters. The molecule has 2 aromatic rings. The zero-order valence-corrected chi connectivity index (χ0v) is 16.8. The minimum Gasteiger partial charge on any atom is -0.492 e. The minimum atomic E-state index is -0.163. The fourth-order valence-electron chi connectivity index (χ4n) is 3.64. The summed E-state index contributed by atoms with van der Waals surface area (Å²) in [7, 11) is 0. The molecule has 0 bridgehead atoms. The van der Waals surface area contributed by atoms with Crippen molar-refractivity contribution >= 4 is 23.2 Å². The second-order valence-corrected chi connectivity index (χ2v) is 7.52. The lowest BCUT2D eigenvalue weighted by Gasteiger charge is -2.36. The summed E-state index contributed by atoms with van der Waals surface area (Å²) in [4.78, 5) is 29.1. The Labute approximate surface area is 171 Å². The van der Waals surface area contributed by atoms with Gasteiger partial charge in [0, 0.05) is 43.3 Å². The van der Waals surface area contributed by atoms with Crippen molar-refractivity contribution in [2.45, 2.75) is 19.8 Å². The SMILES string of the molecule is CCOc1ccccc1NC(=O)c1ccc(N2CCN(C(=O)C3CC3)CC2)cc1. The van der Waals surface area contributed by atoms with Gasteiger partial charge >= 0.3 is 0 Å². The maximum atomic E-state index is 12.6. The van der Waals surface area contributed by atoms with Crippen LogP contribution in [0.4, 0.5) is 11.4 Å². The molecule has 6 heteroatoms. The number of amides is 2. The number of para-hydroxylation sites is 2. The molecule has 1 aliphatic carbocycles. The van der Waals surface area contributed by atoms with Gasteiger partial charge in [-0.15, -0.1) is 0 Å². The van der Waals surface area contributed by atoms with E-state index in [1.165, 1.54) is 0 Å². The Hall–Kier alpha value is -3.02. The molecule has 1 N–H and O–H groups in total. The van der Waals surface area contributed by atoms with E-state index in [1.54, 1.807) is 0 Å². The lowest BCUT2D eigenvalue weighted by atomic mass is 10.1. The third-order valence-electron chi connectivity index (χ3n) is 5.45. The van der Waals surface area contributed by atoms with Gasteiger partial charge in [0.2, 0.25) is 5.91 Å². The van der Waals surface area contributed by atoms with Gasteiger partial charge < -0.3 is 19.9 Å². The maximum Gasteiger partial charge on any atom is 0.255 e. The standard InChI is InChI=1S/C23H27N3O3/c1-2-29-21-6-4-3-5-20(21)24-22(27)17-9-11-19(12-10-17)25-13-15-26(16-14-25)23(28)18-7-8-18/h3-6,9-12,18H,2,7-8,13-16H2,1H3,(H,24,27). The molecule has 2 fully saturated rings. The summed E-state index contributed by atoms with van der Waals surface area (Å²) in [5, 5.41) is 2.92. The lowest BCUT2D eigenvalue weighted by Crippen LogP contribution is -2.49. The molecular formula is C23H27N3O3. The predicted molar refractivity (Wildman–Crippen MR) is 114 cm³/mol. The number of carbonyl (C=O) groups is 2. The lowest BCUT2D eigenvalue weighted by molar-refractivity contribution is -0.132. The van der Waals surface area contributed by atoms with Gasteiger partial charge in [0.25, 0.3) is 5.91 Å². The smallest absolute Gasteiger partial charge is 0.255 e. The first kappa shape index (κ1) is 19.3. The largest absolute Gasteiger partial charge is 0.492 e. The van der Waals surface area contributed by atoms with Gasteiger partial charge in [0.05, 0.1) is 12.3 Å². The number of hydrogen-bond acceptors (Lipinski definition) is 4. The third-order valence-corrected chi connectivity index (χ3v) is 5.45. The summed E-state index contributed by atoms with van der Waals surface area (Å²) in [5.74, 6) is 1.11. The van der Waals surface area contributed by atoms with Crippen molar-refractivity contribution in [2.75, 3.05) is 43.0 Å². The van der Waals surface area contributed by atoms with Crippen LogP contribution in [0.3, 0.4) is 0 Å². The molecule has 4 rings (SSSR count). The van der Waals surface area contributed by atoms with E-state index in [-0.39, 0.29) is 11.8 Å². The number of piperazine rings is 1. The molecule has 2 aliphatic rings. The summed E-state index contributed by atoms with van der Waals surface area (Å²) in [5.41, 5.74) is 2.34. The second kappa shape index (κ2) is 8.55. The average Bonchev–Trinajstić information content (AvgIpc) is 3.60. The number of rotatable bonds is 6. The van der Waals surface area contributed by atoms with E-state index in [1.807, 2.05) is 60.4 Å². The summed E-state index contributed by atoms with van der Waals surface area (Å²) < 4.78 is 5.57. The highest BCUT2D eigenvalue weighted by Crippen LogP contribution is 2.31. The van der Waals surface area contributed by atoms with Crippen molar-refractivity contribution in [3.8, 4) is 5.75 Å². The van der Waals surface area contributed by atoms with Gasteiger partial charge in [-0.1, -0.05) is 12.1 Å². The van der Waals surface area contributed by atoms with E-state index in [2.05, 4.69) is 10.2 Å². The van der Waals surface area contributed by atoms with Crippen molar-refractivity contribution in [1.29, 1.82) is 0 Å². The monoisotopic (exact) mass is 393 g/mol. The van der Waals surface area contributed by atoms with Crippen LogP contribution in [0, 0.1) is 5.92 Å². The van der Waals surface area contributed by atoms with Crippen LogP contribution in [-0.2, 0) is 4.79 Å². The molecule has 0 atom stereocenters. The van der Waals surface area contributed by atoms with Crippen molar-refractivity contribution < 1.29 is 14.3 Å². The molecule has 2 aromatic carbocycles. The fraction of sp³-hybridized carbons (Fsp3) is 0.391. The van der Waals surface area contributed by atoms with Gasteiger partial charge in [0.1, 0.15) is 5.75 Å². The number of nitrogens with one attached hydrogen (secondary N) is 1. The Kier molecular flexibility index (Phi) is 5.69. The highest BCUT2D eigenvalue weighted by atomic mass is 16.5. The Balaban J connectivity index is 1.35. The molecule has 0 spiro atoms. The molecule has 1 saturated carbocycles. The number of ether oxygens (including phenoxy) is 1. The van der Waals surface area contributed by atoms with Crippen molar-refractivity contribution in [3.05, 3.63) is 54.1 Å². The van der Waals surface area contributed by atoms with Crippen molar-refractivity contribution in [2.24, 2.45) is 5.92 Å². The molecule has 1 heterocycles. The van der Waals surface area contributed by atoms with Gasteiger partial charge in [-0.25, -0.2) is 0 Å². The molecule has 1 saturated heterocycles. The van der Waals surface area contributed by atoms with Crippen LogP contribution in [0.5, 0.6) is 5.75 Å². The molecule has 0 aromatic heterocycles. The van der Waals surface area contributed by atoms with Gasteiger partial charge in [0.15, 0.2) is 0 Å². The maximum absolute atomic E-state index is 12.6. The number of nitrogens with zero attached hydrogens (tertiary/aromatic N) is 2. The Bertz CT molecular complexity index is 869. The van der Waals surface area contributed by atoms with E-state index in [9.17, 15) is 9.59 Å². The normalized spacial score (nSPS) is 16.4. The summed E-state index contributed by atoms with van der Waals surface area (Å²) in [6, 6.07) is 15.1. The van der Waals surface area contributed by atoms with Crippen molar-refractivity contribution in [1.82, 2.24) is 4.90 Å². The van der Waals surface area contributed by atoms with E-state index < -0.39 is 0 Å². The van der Waals surface area contributed by atoms with Crippen LogP contribution in [0.1, 0.15) is 30.1 Å². The highest BCUT2D eigenvalue weighted by molar-refractivity contribution is 6.05. The van der Waals surface area contributed by atoms with E-state index in [4.69, 9.17) is 4.74 Å². The van der Waals surface area contributed by atoms with Crippen LogP contribution in [0.15, 0.2) is 48.5 Å². The van der Waals surface area contributed by atoms with Crippen LogP contribution in [0.25, 0.3) is 0 Å². The molecule has 2 amide bonds. The second-order valence-electron chi connectivity index (χ2n) is 7.52. The van der Waals surface area contributed by atoms with Gasteiger partial charge in [-0.3, -0.25) is 9.59 Å². The molecule has 6 nitrogen and oxygen atoms in total. The summed E-state index contributed by atoms with van der Waals surface area (Å²) in [6.45, 7) is 5.65. The zero-order chi connectivity index (χ0) is 20.2. The summed E-state index contributed by atoms with van der Waals surface area (Å²) >= 11 is 0. The Morgan fingerprint density at radius 1 is 1.00 bits per heavy atom. The third kappa shape index (κ3) is 4.53. The Morgan fingerprint density at radius 2 is 1.69 bits per heavy atom. The number of anilines is 2. The Morgan fingerprint density at radius 3 is 2.34 bits per heavy atom. The topological polar surface area (TPSA) is 61.9 Å². The molecular weight excluding hydrogens is 366 g/mol. The average molecular weight is 393 g/mol. The fourth-order valence-corrected chi connectivity index (χ4v) is 3.64.